The molecule has 1 N–H and O–H groups in total. The molecule has 0 unspecified atom stereocenters. The third-order valence-electron chi connectivity index (χ3n) is 4.39. The molecule has 1 aliphatic rings. The molecule has 1 aromatic heterocycles. The Kier molecular flexibility index (Phi) is 5.83. The Bertz CT molecular complexity index is 378. The lowest BCUT2D eigenvalue weighted by Crippen LogP contribution is -2.13. The number of hydrogen-bond donors (Lipinski definition) is 1. The molecule has 0 atom stereocenters. The quantitative estimate of drug-likeness (QED) is 0.768. The summed E-state index contributed by atoms with van der Waals surface area (Å²) in [6.07, 6.45) is 8.08. The van der Waals surface area contributed by atoms with Gasteiger partial charge in [-0.3, -0.25) is 0 Å². The normalized spacial score (nSPS) is 23.7. The van der Waals surface area contributed by atoms with Gasteiger partial charge in [-0.05, 0) is 51.5 Å². The van der Waals surface area contributed by atoms with E-state index in [0.717, 1.165) is 24.9 Å². The first kappa shape index (κ1) is 15.0. The SMILES string of the molecule is CCCNCc1sc(C2CCC(CC)CC2)nc1C. The number of thiazole rings is 1. The smallest absolute Gasteiger partial charge is 0.0962 e. The van der Waals surface area contributed by atoms with Crippen molar-refractivity contribution in [2.75, 3.05) is 6.54 Å². The number of hydrogen-bond acceptors (Lipinski definition) is 3. The van der Waals surface area contributed by atoms with Crippen molar-refractivity contribution in [2.45, 2.75) is 71.8 Å². The number of nitrogens with one attached hydrogen (secondary N) is 1. The monoisotopic (exact) mass is 280 g/mol. The van der Waals surface area contributed by atoms with Crippen molar-refractivity contribution in [3.63, 3.8) is 0 Å². The molecule has 1 aliphatic carbocycles. The predicted octanol–water partition coefficient (Wildman–Crippen LogP) is 4.63. The van der Waals surface area contributed by atoms with Crippen molar-refractivity contribution < 1.29 is 0 Å². The minimum atomic E-state index is 0.742. The number of nitrogens with zero attached hydrogens (tertiary/aromatic N) is 1. The fraction of sp³-hybridized carbons (Fsp3) is 0.812. The van der Waals surface area contributed by atoms with Gasteiger partial charge in [0.1, 0.15) is 0 Å². The van der Waals surface area contributed by atoms with Gasteiger partial charge in [-0.15, -0.1) is 11.3 Å². The molecule has 19 heavy (non-hydrogen) atoms. The van der Waals surface area contributed by atoms with E-state index in [-0.39, 0.29) is 0 Å². The maximum atomic E-state index is 4.84. The molecule has 0 bridgehead atoms. The van der Waals surface area contributed by atoms with Crippen molar-refractivity contribution in [1.29, 1.82) is 0 Å². The third-order valence-corrected chi connectivity index (χ3v) is 5.71. The Labute approximate surface area is 122 Å². The van der Waals surface area contributed by atoms with E-state index < -0.39 is 0 Å². The molecule has 3 heteroatoms. The zero-order valence-electron chi connectivity index (χ0n) is 12.7. The van der Waals surface area contributed by atoms with Gasteiger partial charge < -0.3 is 5.32 Å². The van der Waals surface area contributed by atoms with E-state index in [1.807, 2.05) is 11.3 Å². The number of aryl methyl sites for hydroxylation is 1. The Hall–Kier alpha value is -0.410. The van der Waals surface area contributed by atoms with Crippen molar-refractivity contribution in [1.82, 2.24) is 10.3 Å². The average Bonchev–Trinajstić information content (AvgIpc) is 2.81. The lowest BCUT2D eigenvalue weighted by molar-refractivity contribution is 0.318. The standard InChI is InChI=1S/C16H28N2S/c1-4-10-17-11-15-12(3)18-16(19-15)14-8-6-13(5-2)7-9-14/h13-14,17H,4-11H2,1-3H3. The fourth-order valence-corrected chi connectivity index (χ4v) is 4.19. The maximum absolute atomic E-state index is 4.84. The lowest BCUT2D eigenvalue weighted by Gasteiger charge is -2.26. The zero-order valence-corrected chi connectivity index (χ0v) is 13.5. The highest BCUT2D eigenvalue weighted by Crippen LogP contribution is 2.39. The van der Waals surface area contributed by atoms with E-state index in [1.165, 1.54) is 54.1 Å². The molecular weight excluding hydrogens is 252 g/mol. The summed E-state index contributed by atoms with van der Waals surface area (Å²) in [5, 5.41) is 4.90. The summed E-state index contributed by atoms with van der Waals surface area (Å²) in [7, 11) is 0. The second-order valence-corrected chi connectivity index (χ2v) is 6.98. The van der Waals surface area contributed by atoms with Crippen LogP contribution < -0.4 is 5.32 Å². The summed E-state index contributed by atoms with van der Waals surface area (Å²) in [4.78, 5) is 6.29. The summed E-state index contributed by atoms with van der Waals surface area (Å²) < 4.78 is 0. The summed E-state index contributed by atoms with van der Waals surface area (Å²) in [6, 6.07) is 0. The molecule has 1 heterocycles. The summed E-state index contributed by atoms with van der Waals surface area (Å²) in [5.41, 5.74) is 1.25. The molecule has 0 radical (unpaired) electrons. The minimum absolute atomic E-state index is 0.742. The first-order valence-electron chi connectivity index (χ1n) is 7.91. The highest BCUT2D eigenvalue weighted by molar-refractivity contribution is 7.11. The van der Waals surface area contributed by atoms with Gasteiger partial charge in [-0.1, -0.05) is 20.3 Å². The van der Waals surface area contributed by atoms with Crippen molar-refractivity contribution >= 4 is 11.3 Å². The predicted molar refractivity (Wildman–Crippen MR) is 83.8 cm³/mol. The van der Waals surface area contributed by atoms with Crippen molar-refractivity contribution in [3.8, 4) is 0 Å². The fourth-order valence-electron chi connectivity index (χ4n) is 2.99. The van der Waals surface area contributed by atoms with Crippen LogP contribution in [0.15, 0.2) is 0 Å². The molecule has 0 saturated heterocycles. The van der Waals surface area contributed by atoms with Gasteiger partial charge >= 0.3 is 0 Å². The van der Waals surface area contributed by atoms with Crippen LogP contribution in [0.1, 0.15) is 73.9 Å². The van der Waals surface area contributed by atoms with Crippen LogP contribution in [-0.2, 0) is 6.54 Å². The zero-order chi connectivity index (χ0) is 13.7. The topological polar surface area (TPSA) is 24.9 Å². The van der Waals surface area contributed by atoms with E-state index in [1.54, 1.807) is 0 Å². The van der Waals surface area contributed by atoms with Gasteiger partial charge in [-0.2, -0.15) is 0 Å². The molecule has 1 aromatic rings. The van der Waals surface area contributed by atoms with E-state index in [4.69, 9.17) is 4.98 Å². The van der Waals surface area contributed by atoms with Gasteiger partial charge in [0, 0.05) is 17.3 Å². The van der Waals surface area contributed by atoms with Crippen LogP contribution in [0.25, 0.3) is 0 Å². The summed E-state index contributed by atoms with van der Waals surface area (Å²) >= 11 is 1.95. The molecule has 2 rings (SSSR count). The average molecular weight is 280 g/mol. The van der Waals surface area contributed by atoms with Gasteiger partial charge in [0.15, 0.2) is 0 Å². The number of rotatable bonds is 6. The van der Waals surface area contributed by atoms with Gasteiger partial charge in [0.2, 0.25) is 0 Å². The first-order valence-corrected chi connectivity index (χ1v) is 8.73. The van der Waals surface area contributed by atoms with E-state index in [9.17, 15) is 0 Å². The van der Waals surface area contributed by atoms with E-state index in [2.05, 4.69) is 26.1 Å². The molecule has 0 aliphatic heterocycles. The van der Waals surface area contributed by atoms with Gasteiger partial charge in [0.05, 0.1) is 10.7 Å². The minimum Gasteiger partial charge on any atom is -0.312 e. The Morgan fingerprint density at radius 2 is 1.95 bits per heavy atom. The molecule has 0 amide bonds. The van der Waals surface area contributed by atoms with E-state index in [0.29, 0.717) is 0 Å². The van der Waals surface area contributed by atoms with Gasteiger partial charge in [-0.25, -0.2) is 4.98 Å². The molecule has 0 aromatic carbocycles. The van der Waals surface area contributed by atoms with Crippen LogP contribution in [-0.4, -0.2) is 11.5 Å². The Morgan fingerprint density at radius 3 is 2.58 bits per heavy atom. The Balaban J connectivity index is 1.92. The highest BCUT2D eigenvalue weighted by atomic mass is 32.1. The maximum Gasteiger partial charge on any atom is 0.0962 e. The lowest BCUT2D eigenvalue weighted by atomic mass is 9.81. The molecular formula is C16H28N2S. The van der Waals surface area contributed by atoms with Crippen LogP contribution >= 0.6 is 11.3 Å². The van der Waals surface area contributed by atoms with Crippen LogP contribution in [0, 0.1) is 12.8 Å². The molecule has 1 saturated carbocycles. The van der Waals surface area contributed by atoms with Crippen molar-refractivity contribution in [3.05, 3.63) is 15.6 Å². The largest absolute Gasteiger partial charge is 0.312 e. The molecule has 108 valence electrons. The van der Waals surface area contributed by atoms with Gasteiger partial charge in [0.25, 0.3) is 0 Å². The summed E-state index contributed by atoms with van der Waals surface area (Å²) in [5.74, 6) is 1.72. The molecule has 0 spiro atoms. The third kappa shape index (κ3) is 4.03. The second kappa shape index (κ2) is 7.39. The van der Waals surface area contributed by atoms with Crippen LogP contribution in [0.2, 0.25) is 0 Å². The molecule has 1 fully saturated rings. The second-order valence-electron chi connectivity index (χ2n) is 5.86. The highest BCUT2D eigenvalue weighted by Gasteiger charge is 2.24. The van der Waals surface area contributed by atoms with E-state index >= 15 is 0 Å². The summed E-state index contributed by atoms with van der Waals surface area (Å²) in [6.45, 7) is 8.82. The first-order chi connectivity index (χ1) is 9.24. The Morgan fingerprint density at radius 1 is 1.21 bits per heavy atom. The van der Waals surface area contributed by atoms with Crippen LogP contribution in [0.3, 0.4) is 0 Å². The van der Waals surface area contributed by atoms with Crippen LogP contribution in [0.5, 0.6) is 0 Å². The molecule has 2 nitrogen and oxygen atoms in total. The van der Waals surface area contributed by atoms with Crippen LogP contribution in [0.4, 0.5) is 0 Å². The van der Waals surface area contributed by atoms with Crippen molar-refractivity contribution in [2.24, 2.45) is 5.92 Å². The number of aromatic nitrogens is 1.